The van der Waals surface area contributed by atoms with Crippen molar-refractivity contribution in [2.24, 2.45) is 5.92 Å². The van der Waals surface area contributed by atoms with Gasteiger partial charge >= 0.3 is 6.03 Å². The predicted molar refractivity (Wildman–Crippen MR) is 90.3 cm³/mol. The number of urea groups is 1. The van der Waals surface area contributed by atoms with Crippen molar-refractivity contribution in [3.63, 3.8) is 0 Å². The first-order valence-corrected chi connectivity index (χ1v) is 8.57. The summed E-state index contributed by atoms with van der Waals surface area (Å²) in [5.74, 6) is -0.518. The number of carbonyl (C=O) groups excluding carboxylic acids is 2. The van der Waals surface area contributed by atoms with Crippen molar-refractivity contribution in [1.29, 1.82) is 0 Å². The van der Waals surface area contributed by atoms with Crippen LogP contribution in [-0.2, 0) is 16.1 Å². The summed E-state index contributed by atoms with van der Waals surface area (Å²) >= 11 is 0. The smallest absolute Gasteiger partial charge is 0.319 e. The first-order chi connectivity index (χ1) is 12.0. The van der Waals surface area contributed by atoms with Crippen LogP contribution in [0.5, 0.6) is 0 Å². The van der Waals surface area contributed by atoms with Crippen LogP contribution in [0.2, 0.25) is 0 Å². The molecule has 0 saturated carbocycles. The molecule has 0 N–H and O–H groups in total. The van der Waals surface area contributed by atoms with Crippen LogP contribution in [0.4, 0.5) is 9.18 Å². The molecule has 0 bridgehead atoms. The third-order valence-corrected chi connectivity index (χ3v) is 4.80. The fourth-order valence-corrected chi connectivity index (χ4v) is 3.50. The zero-order valence-electron chi connectivity index (χ0n) is 14.7. The molecule has 2 aliphatic rings. The predicted octanol–water partition coefficient (Wildman–Crippen LogP) is 1.56. The third kappa shape index (κ3) is 3.92. The van der Waals surface area contributed by atoms with Gasteiger partial charge in [0.2, 0.25) is 5.91 Å². The van der Waals surface area contributed by atoms with Crippen molar-refractivity contribution in [2.75, 3.05) is 40.3 Å². The van der Waals surface area contributed by atoms with Crippen LogP contribution in [0.25, 0.3) is 0 Å². The standard InChI is InChI=1S/C18H24FN3O3/c1-20(2)18(24)22-7-6-15-16(12-22)25-9-8-21(17(15)23)11-13-4-3-5-14(19)10-13/h3-5,10,15-16H,6-9,11-12H2,1-2H3/t15-,16+/m1/s1. The average Bonchev–Trinajstić information content (AvgIpc) is 2.73. The fraction of sp³-hybridized carbons (Fsp3) is 0.556. The number of likely N-dealkylation sites (tertiary alicyclic amines) is 1. The molecule has 2 saturated heterocycles. The molecule has 0 spiro atoms. The van der Waals surface area contributed by atoms with Gasteiger partial charge in [-0.25, -0.2) is 9.18 Å². The minimum atomic E-state index is -0.301. The highest BCUT2D eigenvalue weighted by atomic mass is 19.1. The van der Waals surface area contributed by atoms with Crippen molar-refractivity contribution >= 4 is 11.9 Å². The normalized spacial score (nSPS) is 23.9. The average molecular weight is 349 g/mol. The Morgan fingerprint density at radius 3 is 2.88 bits per heavy atom. The van der Waals surface area contributed by atoms with E-state index in [1.165, 1.54) is 17.0 Å². The van der Waals surface area contributed by atoms with Crippen molar-refractivity contribution in [2.45, 2.75) is 19.1 Å². The number of hydrogen-bond acceptors (Lipinski definition) is 3. The van der Waals surface area contributed by atoms with Gasteiger partial charge in [-0.1, -0.05) is 12.1 Å². The molecule has 0 aromatic heterocycles. The number of benzene rings is 1. The number of piperidine rings is 1. The van der Waals surface area contributed by atoms with Crippen LogP contribution in [0.1, 0.15) is 12.0 Å². The van der Waals surface area contributed by atoms with Gasteiger partial charge in [-0.15, -0.1) is 0 Å². The summed E-state index contributed by atoms with van der Waals surface area (Å²) < 4.78 is 19.3. The molecule has 3 rings (SSSR count). The lowest BCUT2D eigenvalue weighted by molar-refractivity contribution is -0.139. The molecule has 3 amide bonds. The molecule has 7 heteroatoms. The van der Waals surface area contributed by atoms with Gasteiger partial charge in [-0.3, -0.25) is 4.79 Å². The van der Waals surface area contributed by atoms with Gasteiger partial charge < -0.3 is 19.4 Å². The van der Waals surface area contributed by atoms with Gasteiger partial charge in [-0.2, -0.15) is 0 Å². The first-order valence-electron chi connectivity index (χ1n) is 8.57. The molecule has 136 valence electrons. The summed E-state index contributed by atoms with van der Waals surface area (Å²) in [6, 6.07) is 6.25. The zero-order valence-corrected chi connectivity index (χ0v) is 14.7. The van der Waals surface area contributed by atoms with Crippen molar-refractivity contribution in [3.05, 3.63) is 35.6 Å². The Hall–Kier alpha value is -2.15. The minimum Gasteiger partial charge on any atom is -0.374 e. The maximum atomic E-state index is 13.4. The molecule has 1 aromatic rings. The molecular formula is C18H24FN3O3. The lowest BCUT2D eigenvalue weighted by Crippen LogP contribution is -2.53. The molecule has 0 unspecified atom stereocenters. The zero-order chi connectivity index (χ0) is 18.0. The first kappa shape index (κ1) is 17.7. The summed E-state index contributed by atoms with van der Waals surface area (Å²) in [7, 11) is 3.43. The number of carbonyl (C=O) groups is 2. The number of nitrogens with zero attached hydrogens (tertiary/aromatic N) is 3. The largest absolute Gasteiger partial charge is 0.374 e. The Labute approximate surface area is 147 Å². The number of amides is 3. The maximum Gasteiger partial charge on any atom is 0.319 e. The Balaban J connectivity index is 1.68. The Kier molecular flexibility index (Phi) is 5.22. The number of ether oxygens (including phenoxy) is 1. The van der Waals surface area contributed by atoms with Gasteiger partial charge in [0.05, 0.1) is 18.6 Å². The lowest BCUT2D eigenvalue weighted by atomic mass is 9.92. The van der Waals surface area contributed by atoms with E-state index in [9.17, 15) is 14.0 Å². The molecule has 0 radical (unpaired) electrons. The highest BCUT2D eigenvalue weighted by Gasteiger charge is 2.40. The highest BCUT2D eigenvalue weighted by molar-refractivity contribution is 5.81. The summed E-state index contributed by atoms with van der Waals surface area (Å²) in [6.07, 6.45) is 0.311. The molecule has 2 heterocycles. The number of fused-ring (bicyclic) bond motifs is 1. The molecule has 0 aliphatic carbocycles. The molecule has 1 aromatic carbocycles. The summed E-state index contributed by atoms with van der Waals surface area (Å²) in [5.41, 5.74) is 0.770. The molecule has 2 aliphatic heterocycles. The van der Waals surface area contributed by atoms with E-state index in [1.54, 1.807) is 30.0 Å². The van der Waals surface area contributed by atoms with E-state index in [4.69, 9.17) is 4.74 Å². The Morgan fingerprint density at radius 1 is 1.36 bits per heavy atom. The van der Waals surface area contributed by atoms with Crippen molar-refractivity contribution in [1.82, 2.24) is 14.7 Å². The summed E-state index contributed by atoms with van der Waals surface area (Å²) in [4.78, 5) is 30.1. The SMILES string of the molecule is CN(C)C(=O)N1CC[C@H]2C(=O)N(Cc3cccc(F)c3)CCO[C@H]2C1. The molecular weight excluding hydrogens is 325 g/mol. The van der Waals surface area contributed by atoms with Crippen LogP contribution >= 0.6 is 0 Å². The quantitative estimate of drug-likeness (QED) is 0.814. The molecule has 2 atom stereocenters. The lowest BCUT2D eigenvalue weighted by Gasteiger charge is -2.38. The van der Waals surface area contributed by atoms with E-state index in [-0.39, 0.29) is 29.8 Å². The minimum absolute atomic E-state index is 0.0312. The second-order valence-electron chi connectivity index (χ2n) is 6.82. The van der Waals surface area contributed by atoms with E-state index in [0.717, 1.165) is 5.56 Å². The fourth-order valence-electron chi connectivity index (χ4n) is 3.50. The molecule has 2 fully saturated rings. The number of hydrogen-bond donors (Lipinski definition) is 0. The van der Waals surface area contributed by atoms with E-state index < -0.39 is 0 Å². The van der Waals surface area contributed by atoms with Gasteiger partial charge in [0.15, 0.2) is 0 Å². The van der Waals surface area contributed by atoms with Crippen molar-refractivity contribution in [3.8, 4) is 0 Å². The van der Waals surface area contributed by atoms with E-state index in [0.29, 0.717) is 39.2 Å². The number of rotatable bonds is 2. The second-order valence-corrected chi connectivity index (χ2v) is 6.82. The van der Waals surface area contributed by atoms with Crippen LogP contribution in [0.3, 0.4) is 0 Å². The van der Waals surface area contributed by atoms with Gasteiger partial charge in [0, 0.05) is 40.3 Å². The van der Waals surface area contributed by atoms with Crippen LogP contribution in [-0.4, -0.2) is 73.1 Å². The van der Waals surface area contributed by atoms with E-state index in [2.05, 4.69) is 0 Å². The van der Waals surface area contributed by atoms with Gasteiger partial charge in [0.25, 0.3) is 0 Å². The third-order valence-electron chi connectivity index (χ3n) is 4.80. The maximum absolute atomic E-state index is 13.4. The highest BCUT2D eigenvalue weighted by Crippen LogP contribution is 2.26. The topological polar surface area (TPSA) is 53.1 Å². The van der Waals surface area contributed by atoms with E-state index in [1.807, 2.05) is 6.07 Å². The monoisotopic (exact) mass is 349 g/mol. The van der Waals surface area contributed by atoms with Crippen LogP contribution in [0, 0.1) is 11.7 Å². The van der Waals surface area contributed by atoms with Gasteiger partial charge in [0.1, 0.15) is 5.82 Å². The van der Waals surface area contributed by atoms with Crippen LogP contribution in [0.15, 0.2) is 24.3 Å². The van der Waals surface area contributed by atoms with Gasteiger partial charge in [-0.05, 0) is 24.1 Å². The molecule has 25 heavy (non-hydrogen) atoms. The molecule has 6 nitrogen and oxygen atoms in total. The van der Waals surface area contributed by atoms with Crippen LogP contribution < -0.4 is 0 Å². The second kappa shape index (κ2) is 7.39. The Bertz CT molecular complexity index is 652. The summed E-state index contributed by atoms with van der Waals surface area (Å²) in [6.45, 7) is 2.25. The summed E-state index contributed by atoms with van der Waals surface area (Å²) in [5, 5.41) is 0. The Morgan fingerprint density at radius 2 is 2.16 bits per heavy atom. The van der Waals surface area contributed by atoms with Crippen molar-refractivity contribution < 1.29 is 18.7 Å². The van der Waals surface area contributed by atoms with E-state index >= 15 is 0 Å². The number of halogens is 1.